The van der Waals surface area contributed by atoms with Gasteiger partial charge in [-0.15, -0.1) is 0 Å². The Hall–Kier alpha value is -4.00. The first-order valence-electron chi connectivity index (χ1n) is 9.69. The minimum absolute atomic E-state index is 0.0131. The molecule has 0 fully saturated rings. The number of nitro groups is 1. The second-order valence-electron chi connectivity index (χ2n) is 6.78. The van der Waals surface area contributed by atoms with Gasteiger partial charge in [-0.1, -0.05) is 28.9 Å². The van der Waals surface area contributed by atoms with E-state index >= 15 is 0 Å². The van der Waals surface area contributed by atoms with Crippen molar-refractivity contribution in [1.82, 2.24) is 30.6 Å². The topological polar surface area (TPSA) is 167 Å². The lowest BCUT2D eigenvalue weighted by Gasteiger charge is -2.08. The van der Waals surface area contributed by atoms with Crippen molar-refractivity contribution in [2.24, 2.45) is 0 Å². The number of halogens is 1. The fraction of sp³-hybridized carbons (Fsp3) is 0.316. The van der Waals surface area contributed by atoms with Crippen LogP contribution in [0.1, 0.15) is 27.9 Å². The number of amides is 2. The number of nitrogens with zero attached hydrogens (tertiary/aromatic N) is 5. The molecule has 13 nitrogen and oxygen atoms in total. The van der Waals surface area contributed by atoms with Gasteiger partial charge in [-0.05, 0) is 19.9 Å². The summed E-state index contributed by atoms with van der Waals surface area (Å²) < 4.78 is 11.8. The second kappa shape index (κ2) is 10.5. The molecule has 14 heteroatoms. The molecule has 0 aliphatic rings. The van der Waals surface area contributed by atoms with Gasteiger partial charge in [-0.3, -0.25) is 24.4 Å². The predicted molar refractivity (Wildman–Crippen MR) is 114 cm³/mol. The summed E-state index contributed by atoms with van der Waals surface area (Å²) in [4.78, 5) is 38.4. The first-order valence-corrected chi connectivity index (χ1v) is 10.1. The quantitative estimate of drug-likeness (QED) is 0.249. The van der Waals surface area contributed by atoms with Gasteiger partial charge in [0.2, 0.25) is 0 Å². The number of nitrogens with one attached hydrogen (secondary N) is 2. The summed E-state index contributed by atoms with van der Waals surface area (Å²) in [6, 6.07) is 5.73. The lowest BCUT2D eigenvalue weighted by atomic mass is 10.3. The SMILES string of the molecule is Cc1nn(Cc2noc(C(=O)NCCNC(=O)COc3ccccc3[N+](=O)[O-])n2)c(C)c1Cl. The number of carbonyl (C=O) groups excluding carboxylic acids is 2. The van der Waals surface area contributed by atoms with Crippen molar-refractivity contribution in [3.63, 3.8) is 0 Å². The molecule has 0 saturated heterocycles. The molecule has 0 aliphatic heterocycles. The number of hydrogen-bond acceptors (Lipinski definition) is 9. The Kier molecular flexibility index (Phi) is 7.56. The van der Waals surface area contributed by atoms with Gasteiger partial charge < -0.3 is 19.9 Å². The predicted octanol–water partition coefficient (Wildman–Crippen LogP) is 1.42. The van der Waals surface area contributed by atoms with Crippen LogP contribution >= 0.6 is 11.6 Å². The summed E-state index contributed by atoms with van der Waals surface area (Å²) in [5.41, 5.74) is 1.18. The fourth-order valence-corrected chi connectivity index (χ4v) is 2.89. The van der Waals surface area contributed by atoms with E-state index in [1.54, 1.807) is 24.6 Å². The van der Waals surface area contributed by atoms with Gasteiger partial charge >= 0.3 is 17.5 Å². The Morgan fingerprint density at radius 3 is 2.67 bits per heavy atom. The monoisotopic (exact) mass is 477 g/mol. The standard InChI is InChI=1S/C19H20ClN7O6/c1-11-17(20)12(2)26(24-11)9-15-23-19(33-25-15)18(29)22-8-7-21-16(28)10-32-14-6-4-3-5-13(14)27(30)31/h3-6H,7-10H2,1-2H3,(H,21,28)(H,22,29). The van der Waals surface area contributed by atoms with Crippen molar-refractivity contribution in [3.05, 3.63) is 62.5 Å². The fourth-order valence-electron chi connectivity index (χ4n) is 2.75. The number of aromatic nitrogens is 4. The first kappa shape index (κ1) is 23.7. The Morgan fingerprint density at radius 1 is 1.24 bits per heavy atom. The molecular formula is C19H20ClN7O6. The van der Waals surface area contributed by atoms with E-state index in [-0.39, 0.29) is 42.8 Å². The molecule has 3 aromatic rings. The first-order chi connectivity index (χ1) is 15.8. The van der Waals surface area contributed by atoms with Crippen LogP contribution in [0.2, 0.25) is 5.02 Å². The van der Waals surface area contributed by atoms with Gasteiger partial charge in [0.25, 0.3) is 5.91 Å². The number of rotatable bonds is 10. The molecule has 0 unspecified atom stereocenters. The van der Waals surface area contributed by atoms with Gasteiger partial charge in [0, 0.05) is 19.2 Å². The summed E-state index contributed by atoms with van der Waals surface area (Å²) in [5, 5.41) is 24.6. The summed E-state index contributed by atoms with van der Waals surface area (Å²) in [6.07, 6.45) is 0. The average molecular weight is 478 g/mol. The lowest BCUT2D eigenvalue weighted by Crippen LogP contribution is -2.36. The molecule has 0 aliphatic carbocycles. The molecular weight excluding hydrogens is 458 g/mol. The zero-order chi connectivity index (χ0) is 24.0. The number of para-hydroxylation sites is 2. The van der Waals surface area contributed by atoms with Gasteiger partial charge in [0.15, 0.2) is 18.2 Å². The van der Waals surface area contributed by atoms with Crippen LogP contribution < -0.4 is 15.4 Å². The third kappa shape index (κ3) is 6.04. The Morgan fingerprint density at radius 2 is 1.97 bits per heavy atom. The molecule has 0 radical (unpaired) electrons. The normalized spacial score (nSPS) is 10.6. The van der Waals surface area contributed by atoms with Crippen LogP contribution in [0.5, 0.6) is 5.75 Å². The molecule has 2 N–H and O–H groups in total. The molecule has 0 atom stereocenters. The lowest BCUT2D eigenvalue weighted by molar-refractivity contribution is -0.385. The maximum atomic E-state index is 12.1. The maximum Gasteiger partial charge on any atom is 0.316 e. The van der Waals surface area contributed by atoms with Crippen LogP contribution in [0, 0.1) is 24.0 Å². The van der Waals surface area contributed by atoms with E-state index in [0.29, 0.717) is 10.7 Å². The third-order valence-electron chi connectivity index (χ3n) is 4.40. The molecule has 33 heavy (non-hydrogen) atoms. The van der Waals surface area contributed by atoms with E-state index in [4.69, 9.17) is 20.9 Å². The minimum Gasteiger partial charge on any atom is -0.477 e. The van der Waals surface area contributed by atoms with Crippen molar-refractivity contribution < 1.29 is 23.8 Å². The van der Waals surface area contributed by atoms with Crippen LogP contribution in [-0.2, 0) is 11.3 Å². The van der Waals surface area contributed by atoms with Crippen molar-refractivity contribution in [2.75, 3.05) is 19.7 Å². The van der Waals surface area contributed by atoms with Gasteiger partial charge in [-0.25, -0.2) is 0 Å². The van der Waals surface area contributed by atoms with Crippen molar-refractivity contribution in [1.29, 1.82) is 0 Å². The van der Waals surface area contributed by atoms with Crippen molar-refractivity contribution >= 4 is 29.1 Å². The smallest absolute Gasteiger partial charge is 0.316 e. The van der Waals surface area contributed by atoms with E-state index in [9.17, 15) is 19.7 Å². The summed E-state index contributed by atoms with van der Waals surface area (Å²) in [6.45, 7) is 3.53. The highest BCUT2D eigenvalue weighted by Gasteiger charge is 2.18. The second-order valence-corrected chi connectivity index (χ2v) is 7.16. The Balaban J connectivity index is 1.40. The molecule has 2 heterocycles. The largest absolute Gasteiger partial charge is 0.477 e. The summed E-state index contributed by atoms with van der Waals surface area (Å²) >= 11 is 6.11. The van der Waals surface area contributed by atoms with E-state index in [1.165, 1.54) is 18.2 Å². The zero-order valence-electron chi connectivity index (χ0n) is 17.7. The molecule has 0 spiro atoms. The van der Waals surface area contributed by atoms with Crippen LogP contribution in [0.15, 0.2) is 28.8 Å². The highest BCUT2D eigenvalue weighted by molar-refractivity contribution is 6.31. The molecule has 3 rings (SSSR count). The molecule has 174 valence electrons. The number of benzene rings is 1. The molecule has 2 amide bonds. The Bertz CT molecular complexity index is 1180. The van der Waals surface area contributed by atoms with Crippen LogP contribution in [0.4, 0.5) is 5.69 Å². The van der Waals surface area contributed by atoms with Gasteiger partial charge in [-0.2, -0.15) is 10.1 Å². The van der Waals surface area contributed by atoms with E-state index in [0.717, 1.165) is 5.69 Å². The van der Waals surface area contributed by atoms with Gasteiger partial charge in [0.1, 0.15) is 6.54 Å². The number of aryl methyl sites for hydroxylation is 1. The number of ether oxygens (including phenoxy) is 1. The van der Waals surface area contributed by atoms with Crippen LogP contribution in [0.3, 0.4) is 0 Å². The van der Waals surface area contributed by atoms with Gasteiger partial charge in [0.05, 0.1) is 21.3 Å². The van der Waals surface area contributed by atoms with Crippen LogP contribution in [-0.4, -0.2) is 56.4 Å². The minimum atomic E-state index is -0.606. The molecule has 1 aromatic carbocycles. The molecule has 0 bridgehead atoms. The average Bonchev–Trinajstić information content (AvgIpc) is 3.36. The van der Waals surface area contributed by atoms with Crippen molar-refractivity contribution in [3.8, 4) is 5.75 Å². The highest BCUT2D eigenvalue weighted by Crippen LogP contribution is 2.25. The summed E-state index contributed by atoms with van der Waals surface area (Å²) in [5.74, 6) is -1.11. The highest BCUT2D eigenvalue weighted by atomic mass is 35.5. The van der Waals surface area contributed by atoms with Crippen molar-refractivity contribution in [2.45, 2.75) is 20.4 Å². The zero-order valence-corrected chi connectivity index (χ0v) is 18.5. The Labute approximate surface area is 192 Å². The van der Waals surface area contributed by atoms with Crippen LogP contribution in [0.25, 0.3) is 0 Å². The number of carbonyl (C=O) groups is 2. The maximum absolute atomic E-state index is 12.1. The molecule has 2 aromatic heterocycles. The van der Waals surface area contributed by atoms with E-state index in [1.807, 2.05) is 0 Å². The van der Waals surface area contributed by atoms with E-state index in [2.05, 4.69) is 25.9 Å². The third-order valence-corrected chi connectivity index (χ3v) is 4.95. The summed E-state index contributed by atoms with van der Waals surface area (Å²) in [7, 11) is 0. The number of hydrogen-bond donors (Lipinski definition) is 2. The molecule has 0 saturated carbocycles. The number of nitro benzene ring substituents is 1. The van der Waals surface area contributed by atoms with E-state index < -0.39 is 23.3 Å².